The predicted octanol–water partition coefficient (Wildman–Crippen LogP) is 4.58. The molecule has 1 aromatic carbocycles. The van der Waals surface area contributed by atoms with Crippen LogP contribution in [-0.2, 0) is 0 Å². The summed E-state index contributed by atoms with van der Waals surface area (Å²) in [4.78, 5) is 4.03. The lowest BCUT2D eigenvalue weighted by Gasteiger charge is -2.04. The molecule has 0 amide bonds. The molecule has 0 N–H and O–H groups in total. The average Bonchev–Trinajstić information content (AvgIpc) is 2.42. The van der Waals surface area contributed by atoms with Crippen molar-refractivity contribution in [1.29, 1.82) is 0 Å². The molecule has 0 aliphatic heterocycles. The Morgan fingerprint density at radius 1 is 1.06 bits per heavy atom. The van der Waals surface area contributed by atoms with E-state index in [9.17, 15) is 0 Å². The first-order valence-corrected chi connectivity index (χ1v) is 5.60. The molecule has 0 atom stereocenters. The minimum absolute atomic E-state index is 0.786. The van der Waals surface area contributed by atoms with Gasteiger partial charge in [-0.1, -0.05) is 68.3 Å². The van der Waals surface area contributed by atoms with Crippen LogP contribution in [0.25, 0.3) is 5.70 Å². The third-order valence-corrected chi connectivity index (χ3v) is 2.40. The van der Waals surface area contributed by atoms with Crippen LogP contribution in [0.5, 0.6) is 0 Å². The Kier molecular flexibility index (Phi) is 5.33. The first-order chi connectivity index (χ1) is 8.69. The third kappa shape index (κ3) is 3.87. The molecule has 0 heterocycles. The summed E-state index contributed by atoms with van der Waals surface area (Å²) in [5, 5.41) is 0. The summed E-state index contributed by atoms with van der Waals surface area (Å²) < 4.78 is 0. The normalized spacial score (nSPS) is 11.2. The van der Waals surface area contributed by atoms with Gasteiger partial charge in [-0.3, -0.25) is 4.99 Å². The van der Waals surface area contributed by atoms with Gasteiger partial charge in [0.05, 0.1) is 5.70 Å². The fourth-order valence-corrected chi connectivity index (χ4v) is 1.38. The van der Waals surface area contributed by atoms with Crippen molar-refractivity contribution in [3.63, 3.8) is 0 Å². The Hall–Kier alpha value is -2.41. The maximum absolute atomic E-state index is 4.03. The van der Waals surface area contributed by atoms with Crippen LogP contribution in [0.4, 0.5) is 0 Å². The highest BCUT2D eigenvalue weighted by molar-refractivity contribution is 5.71. The molecule has 0 spiro atoms. The van der Waals surface area contributed by atoms with Gasteiger partial charge < -0.3 is 0 Å². The number of hydrogen-bond donors (Lipinski definition) is 0. The average molecular weight is 235 g/mol. The van der Waals surface area contributed by atoms with E-state index in [4.69, 9.17) is 0 Å². The van der Waals surface area contributed by atoms with Gasteiger partial charge in [-0.05, 0) is 23.9 Å². The van der Waals surface area contributed by atoms with Crippen LogP contribution in [-0.4, -0.2) is 6.72 Å². The van der Waals surface area contributed by atoms with E-state index in [1.807, 2.05) is 48.6 Å². The van der Waals surface area contributed by atoms with Gasteiger partial charge in [0, 0.05) is 5.56 Å². The second-order valence-electron chi connectivity index (χ2n) is 3.70. The Morgan fingerprint density at radius 2 is 1.72 bits per heavy atom. The standard InChI is InChI=1S/C17H17N/c1-5-6-10-14(2)15(3)13-17(18-4)16-11-8-7-9-12-16/h5-13H,1-4H2. The summed E-state index contributed by atoms with van der Waals surface area (Å²) >= 11 is 0. The zero-order valence-corrected chi connectivity index (χ0v) is 10.5. The van der Waals surface area contributed by atoms with Crippen LogP contribution in [0.15, 0.2) is 90.5 Å². The first-order valence-electron chi connectivity index (χ1n) is 5.60. The predicted molar refractivity (Wildman–Crippen MR) is 81.6 cm³/mol. The molecule has 0 saturated heterocycles. The van der Waals surface area contributed by atoms with Crippen molar-refractivity contribution < 1.29 is 0 Å². The molecule has 18 heavy (non-hydrogen) atoms. The number of allylic oxidation sites excluding steroid dienone is 6. The topological polar surface area (TPSA) is 12.4 Å². The molecule has 0 bridgehead atoms. The van der Waals surface area contributed by atoms with Crippen molar-refractivity contribution in [2.24, 2.45) is 4.99 Å². The molecule has 0 aromatic heterocycles. The Morgan fingerprint density at radius 3 is 2.28 bits per heavy atom. The van der Waals surface area contributed by atoms with Crippen molar-refractivity contribution in [2.45, 2.75) is 0 Å². The van der Waals surface area contributed by atoms with E-state index in [0.29, 0.717) is 0 Å². The molecular weight excluding hydrogens is 218 g/mol. The highest BCUT2D eigenvalue weighted by Gasteiger charge is 2.00. The van der Waals surface area contributed by atoms with E-state index in [1.165, 1.54) is 0 Å². The van der Waals surface area contributed by atoms with Gasteiger partial charge >= 0.3 is 0 Å². The van der Waals surface area contributed by atoms with Crippen LogP contribution >= 0.6 is 0 Å². The molecule has 1 aromatic rings. The van der Waals surface area contributed by atoms with E-state index in [2.05, 4.69) is 31.4 Å². The molecule has 0 radical (unpaired) electrons. The fraction of sp³-hybridized carbons (Fsp3) is 0. The Bertz CT molecular complexity index is 516. The first kappa shape index (κ1) is 13.7. The number of benzene rings is 1. The summed E-state index contributed by atoms with van der Waals surface area (Å²) in [6.07, 6.45) is 7.26. The second kappa shape index (κ2) is 7.02. The summed E-state index contributed by atoms with van der Waals surface area (Å²) in [6, 6.07) is 9.85. The lowest BCUT2D eigenvalue weighted by molar-refractivity contribution is 1.49. The molecule has 1 nitrogen and oxygen atoms in total. The van der Waals surface area contributed by atoms with Gasteiger partial charge in [-0.25, -0.2) is 0 Å². The maximum atomic E-state index is 4.03. The molecule has 0 fully saturated rings. The minimum Gasteiger partial charge on any atom is -0.264 e. The van der Waals surface area contributed by atoms with E-state index in [0.717, 1.165) is 22.4 Å². The lowest BCUT2D eigenvalue weighted by Crippen LogP contribution is -1.84. The monoisotopic (exact) mass is 235 g/mol. The van der Waals surface area contributed by atoms with E-state index in [1.54, 1.807) is 6.08 Å². The highest BCUT2D eigenvalue weighted by atomic mass is 14.7. The molecule has 0 unspecified atom stereocenters. The minimum atomic E-state index is 0.786. The van der Waals surface area contributed by atoms with E-state index in [-0.39, 0.29) is 0 Å². The van der Waals surface area contributed by atoms with Crippen molar-refractivity contribution in [2.75, 3.05) is 0 Å². The van der Waals surface area contributed by atoms with Crippen LogP contribution in [0.3, 0.4) is 0 Å². The third-order valence-electron chi connectivity index (χ3n) is 2.40. The summed E-state index contributed by atoms with van der Waals surface area (Å²) in [6.45, 7) is 15.1. The van der Waals surface area contributed by atoms with Gasteiger partial charge in [-0.15, -0.1) is 0 Å². The number of hydrogen-bond acceptors (Lipinski definition) is 1. The SMILES string of the molecule is C=CC=CC(=C)C(=C)C=C(N=C)c1ccccc1. The van der Waals surface area contributed by atoms with E-state index < -0.39 is 0 Å². The van der Waals surface area contributed by atoms with Crippen LogP contribution in [0.2, 0.25) is 0 Å². The van der Waals surface area contributed by atoms with Gasteiger partial charge in [0.2, 0.25) is 0 Å². The summed E-state index contributed by atoms with van der Waals surface area (Å²) in [5.41, 5.74) is 3.43. The van der Waals surface area contributed by atoms with Gasteiger partial charge in [0.25, 0.3) is 0 Å². The molecule has 0 aliphatic carbocycles. The second-order valence-corrected chi connectivity index (χ2v) is 3.70. The highest BCUT2D eigenvalue weighted by Crippen LogP contribution is 2.19. The van der Waals surface area contributed by atoms with Gasteiger partial charge in [0.15, 0.2) is 0 Å². The van der Waals surface area contributed by atoms with Crippen LogP contribution < -0.4 is 0 Å². The number of rotatable bonds is 6. The zero-order chi connectivity index (χ0) is 13.4. The van der Waals surface area contributed by atoms with Gasteiger partial charge in [0.1, 0.15) is 0 Å². The number of aliphatic imine (C=N–C) groups is 1. The van der Waals surface area contributed by atoms with Crippen molar-refractivity contribution >= 4 is 12.4 Å². The quantitative estimate of drug-likeness (QED) is 0.505. The summed E-state index contributed by atoms with van der Waals surface area (Å²) in [5.74, 6) is 0. The van der Waals surface area contributed by atoms with E-state index >= 15 is 0 Å². The molecule has 0 saturated carbocycles. The lowest BCUT2D eigenvalue weighted by atomic mass is 10.0. The Labute approximate surface area is 109 Å². The van der Waals surface area contributed by atoms with Crippen molar-refractivity contribution in [1.82, 2.24) is 0 Å². The largest absolute Gasteiger partial charge is 0.264 e. The molecular formula is C17H17N. The fourth-order valence-electron chi connectivity index (χ4n) is 1.38. The Balaban J connectivity index is 2.96. The maximum Gasteiger partial charge on any atom is 0.0700 e. The molecule has 1 heteroatoms. The molecule has 1 rings (SSSR count). The smallest absolute Gasteiger partial charge is 0.0700 e. The van der Waals surface area contributed by atoms with Crippen LogP contribution in [0, 0.1) is 0 Å². The summed E-state index contributed by atoms with van der Waals surface area (Å²) in [7, 11) is 0. The van der Waals surface area contributed by atoms with Crippen molar-refractivity contribution in [3.05, 3.63) is 91.1 Å². The molecule has 90 valence electrons. The van der Waals surface area contributed by atoms with Crippen LogP contribution in [0.1, 0.15) is 5.56 Å². The molecule has 0 aliphatic rings. The zero-order valence-electron chi connectivity index (χ0n) is 10.5. The van der Waals surface area contributed by atoms with Gasteiger partial charge in [-0.2, -0.15) is 0 Å². The number of nitrogens with zero attached hydrogens (tertiary/aromatic N) is 1. The van der Waals surface area contributed by atoms with Crippen molar-refractivity contribution in [3.8, 4) is 0 Å².